The molecule has 34 atom stereocenters. The molecule has 812 valence electrons. The number of esters is 2. The monoisotopic (exact) mass is 2040 g/mol. The fourth-order valence-electron chi connectivity index (χ4n) is 24.1. The number of cyclic esters (lactones) is 2. The molecular weight excluding hydrogens is 1870 g/mol. The average molecular weight is 2040 g/mol. The van der Waals surface area contributed by atoms with Gasteiger partial charge in [0, 0.05) is 99.4 Å². The second-order valence-electron chi connectivity index (χ2n) is 45.2. The Kier molecular flexibility index (Phi) is 45.0. The highest BCUT2D eigenvalue weighted by Gasteiger charge is 2.56. The van der Waals surface area contributed by atoms with Crippen LogP contribution >= 0.6 is 0 Å². The van der Waals surface area contributed by atoms with E-state index in [4.69, 9.17) is 28.4 Å². The van der Waals surface area contributed by atoms with Crippen LogP contribution in [0, 0.1) is 115 Å². The number of aliphatic hydroxyl groups excluding tert-OH is 8. The van der Waals surface area contributed by atoms with Crippen LogP contribution in [0.4, 0.5) is 11.4 Å². The molecular formula is C116H172N4O26. The Morgan fingerprint density at radius 1 is 0.486 bits per heavy atom. The zero-order valence-electron chi connectivity index (χ0n) is 89.6. The summed E-state index contributed by atoms with van der Waals surface area (Å²) in [6.45, 7) is 30.4. The van der Waals surface area contributed by atoms with Crippen molar-refractivity contribution in [3.8, 4) is 0 Å². The lowest BCUT2D eigenvalue weighted by Gasteiger charge is -2.43. The quantitative estimate of drug-likeness (QED) is 0.0293. The van der Waals surface area contributed by atoms with Crippen LogP contribution in [0.1, 0.15) is 282 Å². The van der Waals surface area contributed by atoms with E-state index in [1.807, 2.05) is 142 Å². The molecule has 2 aromatic rings. The normalized spacial score (nSPS) is 39.5. The van der Waals surface area contributed by atoms with Gasteiger partial charge in [0.15, 0.2) is 0 Å². The summed E-state index contributed by atoms with van der Waals surface area (Å²) in [6, 6.07) is 9.14. The molecule has 11 rings (SSSR count). The van der Waals surface area contributed by atoms with Gasteiger partial charge in [-0.3, -0.25) is 39.4 Å². The second kappa shape index (κ2) is 55.0. The van der Waals surface area contributed by atoms with E-state index >= 15 is 0 Å². The Balaban J connectivity index is 0.000000300. The Bertz CT molecular complexity index is 4980. The molecule has 2 aromatic carbocycles. The van der Waals surface area contributed by atoms with Gasteiger partial charge in [0.05, 0.1) is 70.9 Å². The third kappa shape index (κ3) is 31.2. The number of aliphatic hydroxyl groups is 10. The number of carbonyl (C=O) groups is 6. The summed E-state index contributed by atoms with van der Waals surface area (Å²) in [5.74, 6) is -14.6. The summed E-state index contributed by atoms with van der Waals surface area (Å²) in [7, 11) is 3.02. The number of rotatable bonds is 13. The number of ketones is 2. The van der Waals surface area contributed by atoms with Crippen molar-refractivity contribution in [2.75, 3.05) is 27.3 Å². The molecule has 9 aliphatic rings. The number of nitro groups is 2. The molecule has 0 radical (unpaired) electrons. The van der Waals surface area contributed by atoms with Gasteiger partial charge in [0.2, 0.25) is 11.6 Å². The first kappa shape index (κ1) is 119. The van der Waals surface area contributed by atoms with Crippen LogP contribution < -0.4 is 0 Å². The molecule has 6 aliphatic heterocycles. The van der Waals surface area contributed by atoms with Crippen LogP contribution in [0.5, 0.6) is 0 Å². The number of hydrogen-bond donors (Lipinski definition) is 10. The van der Waals surface area contributed by atoms with E-state index < -0.39 is 167 Å². The molecule has 0 aromatic heterocycles. The number of methoxy groups -OCH3 is 2. The Hall–Kier alpha value is -8.44. The minimum absolute atomic E-state index is 0.00604. The number of piperidine rings is 2. The van der Waals surface area contributed by atoms with Crippen molar-refractivity contribution in [3.05, 3.63) is 181 Å². The number of allylic oxidation sites excluding steroid dienone is 14. The van der Waals surface area contributed by atoms with Crippen molar-refractivity contribution in [2.24, 2.45) is 94.7 Å². The number of non-ortho nitro benzene ring substituents is 1. The first-order valence-corrected chi connectivity index (χ1v) is 54.1. The number of ether oxygens (including phenoxy) is 6. The molecule has 0 spiro atoms. The number of benzene rings is 2. The lowest BCUT2D eigenvalue weighted by Crippen LogP contribution is -2.60. The zero-order valence-corrected chi connectivity index (χ0v) is 89.6. The number of fused-ring (bicyclic) bond motifs is 7. The van der Waals surface area contributed by atoms with Crippen molar-refractivity contribution in [1.82, 2.24) is 9.80 Å². The summed E-state index contributed by atoms with van der Waals surface area (Å²) in [5.41, 5.74) is 6.05. The van der Waals surface area contributed by atoms with Gasteiger partial charge in [-0.1, -0.05) is 197 Å². The van der Waals surface area contributed by atoms with E-state index in [1.165, 1.54) is 35.1 Å². The van der Waals surface area contributed by atoms with Crippen LogP contribution in [0.3, 0.4) is 0 Å². The molecule has 30 nitrogen and oxygen atoms in total. The minimum Gasteiger partial charge on any atom is -0.460 e. The lowest BCUT2D eigenvalue weighted by molar-refractivity contribution is -0.385. The maximum atomic E-state index is 14.6. The topological polar surface area (TPSA) is 453 Å². The van der Waals surface area contributed by atoms with Crippen molar-refractivity contribution in [3.63, 3.8) is 0 Å². The molecule has 6 fully saturated rings. The van der Waals surface area contributed by atoms with Crippen LogP contribution in [-0.2, 0) is 70.0 Å². The molecule has 146 heavy (non-hydrogen) atoms. The highest BCUT2D eigenvalue weighted by Crippen LogP contribution is 2.48. The van der Waals surface area contributed by atoms with Crippen molar-refractivity contribution >= 4 is 52.3 Å². The van der Waals surface area contributed by atoms with E-state index in [-0.39, 0.29) is 139 Å². The van der Waals surface area contributed by atoms with Crippen LogP contribution in [0.15, 0.2) is 144 Å². The fourth-order valence-corrected chi connectivity index (χ4v) is 24.1. The summed E-state index contributed by atoms with van der Waals surface area (Å²) in [5, 5.41) is 139. The number of nitro benzene ring substituents is 2. The standard InChI is InChI=1S/C59H86N2O14.C57H86N2O12/c1-34-16-11-10-12-17-35(2)46(44-24-25-45-43(44)18-15-20-47(45)61(70)71)32-42-23-21-40(7)59(69,75-42)56(66)57(67)60-27-14-13-19-48(60)58(68)74-51(37(4)30-41-22-26-49(62)52(31-41)72-8)33-50(63)36(3)29-39(6)54(65)55(73-9)53(64)38(5)28-34;1-34-15-11-10-12-16-35(2)45(31-43-19-22-46(23-20-43)59(68)69)32-47-24-18-41(8)57(67,71-47)54(64)55(65)58-26-14-13-17-48(58)56(66)70-51(38(5)30-44-21-25-49(60)37(4)29-44)33-50(61)36(3)28-40(7)53(63)42(9)52(62)39(6)27-34/h10-12,15-18,20,24,29,34,36-38,40-42,46,48-55,62-65,69H,13-14,19,21-23,25-28,30-33H2,1-9H3;10-12,15-16,19-20,22-23,28,34,36-39,41-42,44-45,47-53,60-63,67H,13-14,17-18,21,24-27,29-33H2,1-9H3/b12-10+,16-11+,35-17+,39-29+;12-10+,15-11+,35-16+,40-28+/t34-,36-,37-,38-,40-,41?,42?,46?,48+,49-,50?,51?,52-,53+,54-,55+,59-;34-,36-,37-,38-,39-,41-,42+,44-,45+,47?,48+,49-,50?,51+,52+,53-,57-/m11/s1. The summed E-state index contributed by atoms with van der Waals surface area (Å²) in [6.07, 6.45) is 26.5. The van der Waals surface area contributed by atoms with Gasteiger partial charge in [-0.05, 0) is 269 Å². The number of amides is 2. The average Bonchev–Trinajstić information content (AvgIpc) is 1.35. The van der Waals surface area contributed by atoms with E-state index in [2.05, 4.69) is 13.0 Å². The van der Waals surface area contributed by atoms with E-state index in [0.29, 0.717) is 132 Å². The van der Waals surface area contributed by atoms with Crippen LogP contribution in [0.25, 0.3) is 5.57 Å². The van der Waals surface area contributed by atoms with Crippen LogP contribution in [0.2, 0.25) is 0 Å². The number of hydrogen-bond acceptors (Lipinski definition) is 26. The highest BCUT2D eigenvalue weighted by molar-refractivity contribution is 6.39. The number of nitrogens with zero attached hydrogens (tertiary/aromatic N) is 4. The van der Waals surface area contributed by atoms with Gasteiger partial charge in [-0.15, -0.1) is 0 Å². The fraction of sp³-hybridized carbons (Fsp3) is 0.690. The van der Waals surface area contributed by atoms with E-state index in [0.717, 1.165) is 47.1 Å². The first-order chi connectivity index (χ1) is 69.1. The van der Waals surface area contributed by atoms with Gasteiger partial charge in [-0.2, -0.15) is 0 Å². The van der Waals surface area contributed by atoms with Crippen molar-refractivity contribution in [1.29, 1.82) is 0 Å². The Morgan fingerprint density at radius 2 is 0.973 bits per heavy atom. The Morgan fingerprint density at radius 3 is 1.47 bits per heavy atom. The smallest absolute Gasteiger partial charge is 0.329 e. The SMILES string of the molecule is CO[C@H]1[C@@H](O)[C@H](C)C[C@H](C)/C=C/C=C/C=C(\C)C(C2=CCc3c2cccc3[N+](=O)[O-])CC2CC[C@@H](C)[C@@](O)(O2)C(=O)C(=O)N2CCCC[C@H]2C(=O)OC([C@H](C)CC2CC[C@@H](O)[C@H](OC)C2)CC(O)[C@H](C)/C=C(\C)[C@H]1O.C\C1=C/C=C/C=C/[C@@H](C)C[C@@H](C)[C@H](O)[C@H](C)[C@H](O)/C(C)=C/[C@@H](C)C(O)C[C@@H]([C@H](C)C[C@@H]2CC[C@@H](O)[C@H](C)C2)OC(=O)[C@@H]2CCCCN2C(=O)C(=O)[C@]2(O)OC(CC[C@H]2C)C[C@@H]1Cc1ccc([N+](=O)[O-])cc1. The number of carbonyl (C=O) groups excluding carboxylic acids is 6. The molecule has 10 N–H and O–H groups in total. The second-order valence-corrected chi connectivity index (χ2v) is 45.2. The number of Topliss-reactive ketones (excluding diaryl/α,β-unsaturated/α-hetero) is 2. The summed E-state index contributed by atoms with van der Waals surface area (Å²) < 4.78 is 36.9. The maximum Gasteiger partial charge on any atom is 0.329 e. The first-order valence-electron chi connectivity index (χ1n) is 54.1. The lowest BCUT2D eigenvalue weighted by atomic mass is 9.75. The largest absolute Gasteiger partial charge is 0.460 e. The third-order valence-corrected chi connectivity index (χ3v) is 33.8. The molecule has 2 saturated carbocycles. The van der Waals surface area contributed by atoms with E-state index in [1.54, 1.807) is 66.0 Å². The summed E-state index contributed by atoms with van der Waals surface area (Å²) in [4.78, 5) is 112. The third-order valence-electron chi connectivity index (χ3n) is 33.8. The van der Waals surface area contributed by atoms with Gasteiger partial charge >= 0.3 is 11.9 Å². The van der Waals surface area contributed by atoms with Crippen LogP contribution in [-0.4, -0.2) is 242 Å². The predicted octanol–water partition coefficient (Wildman–Crippen LogP) is 16.7. The van der Waals surface area contributed by atoms with Gasteiger partial charge in [-0.25, -0.2) is 9.59 Å². The molecule has 7 unspecified atom stereocenters. The van der Waals surface area contributed by atoms with Gasteiger partial charge in [0.25, 0.3) is 34.8 Å². The maximum absolute atomic E-state index is 14.6. The highest BCUT2D eigenvalue weighted by atomic mass is 16.7. The molecule has 3 aliphatic carbocycles. The predicted molar refractivity (Wildman–Crippen MR) is 558 cm³/mol. The minimum atomic E-state index is -2.52. The molecule has 6 heterocycles. The van der Waals surface area contributed by atoms with Crippen molar-refractivity contribution < 1.29 is 118 Å². The van der Waals surface area contributed by atoms with E-state index in [9.17, 15) is 100 Å². The molecule has 2 amide bonds. The van der Waals surface area contributed by atoms with Gasteiger partial charge < -0.3 is 89.3 Å². The molecule has 4 saturated heterocycles. The van der Waals surface area contributed by atoms with Gasteiger partial charge in [0.1, 0.15) is 36.5 Å². The van der Waals surface area contributed by atoms with Crippen molar-refractivity contribution in [2.45, 2.75) is 387 Å². The summed E-state index contributed by atoms with van der Waals surface area (Å²) >= 11 is 0. The molecule has 4 bridgehead atoms. The Labute approximate surface area is 865 Å². The molecule has 30 heteroatoms. The zero-order chi connectivity index (χ0) is 107.